The molecule has 4 fully saturated rings. The molecule has 4 aliphatic rings. The summed E-state index contributed by atoms with van der Waals surface area (Å²) in [6.07, 6.45) is 4.13. The van der Waals surface area contributed by atoms with Gasteiger partial charge in [0.05, 0.1) is 0 Å². The molecule has 2 spiro atoms. The van der Waals surface area contributed by atoms with Crippen molar-refractivity contribution < 1.29 is 4.84 Å². The van der Waals surface area contributed by atoms with Gasteiger partial charge in [0.25, 0.3) is 0 Å². The SMILES string of the molecule is CC1(C)[C@@H]2CC[C@@]13CSN1O[C@@]13C2. The molecule has 0 radical (unpaired) electrons. The van der Waals surface area contributed by atoms with Crippen LogP contribution in [0.1, 0.15) is 33.1 Å². The van der Waals surface area contributed by atoms with Crippen molar-refractivity contribution in [3.05, 3.63) is 0 Å². The summed E-state index contributed by atoms with van der Waals surface area (Å²) in [4.78, 5) is 5.82. The number of hydrogen-bond acceptors (Lipinski definition) is 3. The van der Waals surface area contributed by atoms with Crippen LogP contribution in [0.2, 0.25) is 0 Å². The summed E-state index contributed by atoms with van der Waals surface area (Å²) in [5.74, 6) is 2.22. The van der Waals surface area contributed by atoms with E-state index in [0.29, 0.717) is 10.8 Å². The normalized spacial score (nSPS) is 65.1. The first-order valence-corrected chi connectivity index (χ1v) is 6.19. The summed E-state index contributed by atoms with van der Waals surface area (Å²) in [5.41, 5.74) is 1.21. The van der Waals surface area contributed by atoms with Gasteiger partial charge in [-0.2, -0.15) is 0 Å². The van der Waals surface area contributed by atoms with Crippen LogP contribution in [0.15, 0.2) is 0 Å². The predicted molar refractivity (Wildman–Crippen MR) is 51.7 cm³/mol. The van der Waals surface area contributed by atoms with Crippen molar-refractivity contribution in [3.8, 4) is 0 Å². The van der Waals surface area contributed by atoms with Gasteiger partial charge < -0.3 is 0 Å². The van der Waals surface area contributed by atoms with E-state index in [-0.39, 0.29) is 5.72 Å². The summed E-state index contributed by atoms with van der Waals surface area (Å²) in [6, 6.07) is 0. The Labute approximate surface area is 83.1 Å². The Bertz CT molecular complexity index is 297. The third kappa shape index (κ3) is 0.512. The van der Waals surface area contributed by atoms with Crippen LogP contribution in [0, 0.1) is 16.7 Å². The largest absolute Gasteiger partial charge is 0.259 e. The molecule has 72 valence electrons. The monoisotopic (exact) mass is 197 g/mol. The highest BCUT2D eigenvalue weighted by molar-refractivity contribution is 7.97. The summed E-state index contributed by atoms with van der Waals surface area (Å²) in [6.45, 7) is 4.93. The second-order valence-corrected chi connectivity index (χ2v) is 6.53. The summed E-state index contributed by atoms with van der Waals surface area (Å²) < 4.78 is 2.19. The van der Waals surface area contributed by atoms with Gasteiger partial charge in [-0.25, -0.2) is 0 Å². The summed E-state index contributed by atoms with van der Waals surface area (Å²) in [5, 5.41) is 0. The highest BCUT2D eigenvalue weighted by atomic mass is 32.2. The Kier molecular flexibility index (Phi) is 0.987. The summed E-state index contributed by atoms with van der Waals surface area (Å²) in [7, 11) is 0. The molecule has 2 heterocycles. The molecule has 0 aromatic heterocycles. The van der Waals surface area contributed by atoms with Crippen molar-refractivity contribution >= 4 is 11.9 Å². The Morgan fingerprint density at radius 2 is 2.31 bits per heavy atom. The van der Waals surface area contributed by atoms with Gasteiger partial charge in [-0.05, 0) is 42.5 Å². The number of nitrogens with zero attached hydrogens (tertiary/aromatic N) is 1. The minimum Gasteiger partial charge on any atom is -0.259 e. The first-order chi connectivity index (χ1) is 6.12. The smallest absolute Gasteiger partial charge is 0.184 e. The maximum Gasteiger partial charge on any atom is 0.184 e. The van der Waals surface area contributed by atoms with E-state index in [1.807, 2.05) is 11.9 Å². The molecule has 0 N–H and O–H groups in total. The molecule has 2 aliphatic heterocycles. The van der Waals surface area contributed by atoms with E-state index in [2.05, 4.69) is 18.3 Å². The van der Waals surface area contributed by atoms with Gasteiger partial charge in [0.2, 0.25) is 0 Å². The van der Waals surface area contributed by atoms with Crippen LogP contribution >= 0.6 is 11.9 Å². The zero-order chi connectivity index (χ0) is 8.90. The van der Waals surface area contributed by atoms with Crippen LogP contribution in [0.25, 0.3) is 0 Å². The van der Waals surface area contributed by atoms with Crippen LogP contribution in [-0.2, 0) is 4.84 Å². The second kappa shape index (κ2) is 1.70. The van der Waals surface area contributed by atoms with Gasteiger partial charge in [0.15, 0.2) is 5.72 Å². The van der Waals surface area contributed by atoms with E-state index >= 15 is 0 Å². The molecular formula is C10H15NOS. The Morgan fingerprint density at radius 1 is 1.46 bits per heavy atom. The average molecular weight is 197 g/mol. The quantitative estimate of drug-likeness (QED) is 0.438. The van der Waals surface area contributed by atoms with E-state index in [0.717, 1.165) is 5.92 Å². The summed E-state index contributed by atoms with van der Waals surface area (Å²) >= 11 is 1.92. The molecule has 4 atom stereocenters. The number of fused-ring (bicyclic) bond motifs is 1. The Morgan fingerprint density at radius 3 is 2.92 bits per heavy atom. The molecule has 2 saturated carbocycles. The van der Waals surface area contributed by atoms with E-state index in [1.165, 1.54) is 25.0 Å². The van der Waals surface area contributed by atoms with Crippen LogP contribution in [0.4, 0.5) is 0 Å². The number of rotatable bonds is 0. The van der Waals surface area contributed by atoms with Crippen molar-refractivity contribution in [1.29, 1.82) is 0 Å². The third-order valence-electron chi connectivity index (χ3n) is 5.37. The number of hydroxylamine groups is 1. The van der Waals surface area contributed by atoms with Crippen molar-refractivity contribution in [2.75, 3.05) is 5.75 Å². The molecule has 4 rings (SSSR count). The fourth-order valence-corrected chi connectivity index (χ4v) is 5.95. The molecule has 2 saturated heterocycles. The molecule has 3 heteroatoms. The van der Waals surface area contributed by atoms with Crippen LogP contribution in [-0.4, -0.2) is 15.9 Å². The fraction of sp³-hybridized carbons (Fsp3) is 1.00. The van der Waals surface area contributed by atoms with Gasteiger partial charge in [-0.15, -0.1) is 0 Å². The number of hydrogen-bond donors (Lipinski definition) is 0. The second-order valence-electron chi connectivity index (χ2n) is 5.65. The van der Waals surface area contributed by atoms with Gasteiger partial charge in [0.1, 0.15) is 0 Å². The Balaban J connectivity index is 1.95. The zero-order valence-corrected chi connectivity index (χ0v) is 8.99. The molecule has 1 unspecified atom stereocenters. The first kappa shape index (κ1) is 7.55. The molecular weight excluding hydrogens is 182 g/mol. The zero-order valence-electron chi connectivity index (χ0n) is 8.17. The maximum atomic E-state index is 5.82. The molecule has 2 nitrogen and oxygen atoms in total. The molecule has 0 aromatic rings. The minimum atomic E-state index is 0.198. The topological polar surface area (TPSA) is 15.5 Å². The minimum absolute atomic E-state index is 0.198. The van der Waals surface area contributed by atoms with Crippen molar-refractivity contribution in [2.24, 2.45) is 16.7 Å². The highest BCUT2D eigenvalue weighted by Crippen LogP contribution is 2.81. The fourth-order valence-electron chi connectivity index (χ4n) is 4.24. The molecule has 2 aliphatic carbocycles. The van der Waals surface area contributed by atoms with Crippen molar-refractivity contribution in [3.63, 3.8) is 0 Å². The van der Waals surface area contributed by atoms with E-state index in [1.54, 1.807) is 0 Å². The van der Waals surface area contributed by atoms with Gasteiger partial charge in [0, 0.05) is 11.2 Å². The van der Waals surface area contributed by atoms with Crippen LogP contribution in [0.5, 0.6) is 0 Å². The molecule has 0 aromatic carbocycles. The lowest BCUT2D eigenvalue weighted by Gasteiger charge is -2.36. The maximum absolute atomic E-state index is 5.82. The van der Waals surface area contributed by atoms with Crippen LogP contribution in [0.3, 0.4) is 0 Å². The standard InChI is InChI=1S/C10H15NOS/c1-8(2)7-3-4-9(8)6-13-11-10(9,5-7)12-11/h7H,3-6H2,1-2H3/t7-,9-,10-,11?/m1/s1. The van der Waals surface area contributed by atoms with Crippen molar-refractivity contribution in [1.82, 2.24) is 4.47 Å². The molecule has 0 amide bonds. The van der Waals surface area contributed by atoms with E-state index in [9.17, 15) is 0 Å². The molecule has 13 heavy (non-hydrogen) atoms. The Hall–Kier alpha value is 0.270. The van der Waals surface area contributed by atoms with Crippen LogP contribution < -0.4 is 0 Å². The van der Waals surface area contributed by atoms with Gasteiger partial charge in [-0.3, -0.25) is 4.84 Å². The van der Waals surface area contributed by atoms with Gasteiger partial charge >= 0.3 is 0 Å². The highest BCUT2D eigenvalue weighted by Gasteiger charge is 2.84. The lowest BCUT2D eigenvalue weighted by Crippen LogP contribution is -2.41. The van der Waals surface area contributed by atoms with Gasteiger partial charge in [-0.1, -0.05) is 18.3 Å². The predicted octanol–water partition coefficient (Wildman–Crippen LogP) is 2.42. The third-order valence-corrected chi connectivity index (χ3v) is 6.59. The molecule has 2 bridgehead atoms. The lowest BCUT2D eigenvalue weighted by atomic mass is 9.68. The van der Waals surface area contributed by atoms with E-state index < -0.39 is 0 Å². The van der Waals surface area contributed by atoms with Crippen molar-refractivity contribution in [2.45, 2.75) is 38.8 Å². The lowest BCUT2D eigenvalue weighted by molar-refractivity contribution is 0.0749. The van der Waals surface area contributed by atoms with E-state index in [4.69, 9.17) is 4.84 Å². The average Bonchev–Trinajstić information content (AvgIpc) is 2.53. The first-order valence-electron chi connectivity index (χ1n) is 5.25.